The molecule has 0 aliphatic carbocycles. The fourth-order valence-electron chi connectivity index (χ4n) is 2.17. The molecule has 1 aromatic rings. The molecule has 1 fully saturated rings. The monoisotopic (exact) mass is 262 g/mol. The van der Waals surface area contributed by atoms with Gasteiger partial charge in [0.2, 0.25) is 5.91 Å². The third kappa shape index (κ3) is 3.78. The van der Waals surface area contributed by atoms with Crippen LogP contribution in [0.4, 0.5) is 0 Å². The zero-order valence-corrected chi connectivity index (χ0v) is 11.5. The normalized spacial score (nSPS) is 19.1. The molecular weight excluding hydrogens is 240 g/mol. The van der Waals surface area contributed by atoms with E-state index in [1.807, 2.05) is 35.2 Å². The Morgan fingerprint density at radius 2 is 2.11 bits per heavy atom. The molecular formula is C15H22N2O2. The van der Waals surface area contributed by atoms with Gasteiger partial charge in [-0.2, -0.15) is 0 Å². The van der Waals surface area contributed by atoms with Gasteiger partial charge in [-0.25, -0.2) is 0 Å². The summed E-state index contributed by atoms with van der Waals surface area (Å²) in [5, 5.41) is 3.25. The minimum atomic E-state index is -0.197. The van der Waals surface area contributed by atoms with E-state index >= 15 is 0 Å². The lowest BCUT2D eigenvalue weighted by Gasteiger charge is -2.15. The molecule has 104 valence electrons. The molecule has 1 atom stereocenters. The Hall–Kier alpha value is -1.39. The molecule has 1 amide bonds. The maximum Gasteiger partial charge on any atom is 0.245 e. The molecule has 0 bridgehead atoms. The van der Waals surface area contributed by atoms with Gasteiger partial charge in [-0.1, -0.05) is 43.7 Å². The van der Waals surface area contributed by atoms with Gasteiger partial charge in [0, 0.05) is 13.2 Å². The maximum absolute atomic E-state index is 12.2. The van der Waals surface area contributed by atoms with Crippen molar-refractivity contribution in [2.24, 2.45) is 0 Å². The van der Waals surface area contributed by atoms with E-state index in [4.69, 9.17) is 4.74 Å². The topological polar surface area (TPSA) is 41.6 Å². The standard InChI is InChI=1S/C15H22N2O2/c1-2-3-10-19-11-9-17-12-16-14(15(17)18)13-7-5-4-6-8-13/h4-8,14,16H,2-3,9-12H2,1H3. The van der Waals surface area contributed by atoms with Gasteiger partial charge in [-0.05, 0) is 12.0 Å². The van der Waals surface area contributed by atoms with Crippen LogP contribution >= 0.6 is 0 Å². The number of hydrogen-bond donors (Lipinski definition) is 1. The fourth-order valence-corrected chi connectivity index (χ4v) is 2.17. The Morgan fingerprint density at radius 1 is 1.32 bits per heavy atom. The molecule has 0 saturated carbocycles. The van der Waals surface area contributed by atoms with Crippen molar-refractivity contribution in [1.29, 1.82) is 0 Å². The van der Waals surface area contributed by atoms with Gasteiger partial charge in [0.15, 0.2) is 0 Å². The molecule has 1 aliphatic rings. The van der Waals surface area contributed by atoms with Crippen molar-refractivity contribution in [3.05, 3.63) is 35.9 Å². The van der Waals surface area contributed by atoms with Gasteiger partial charge in [-0.15, -0.1) is 0 Å². The second kappa shape index (κ2) is 7.26. The average molecular weight is 262 g/mol. The highest BCUT2D eigenvalue weighted by atomic mass is 16.5. The first-order valence-corrected chi connectivity index (χ1v) is 6.97. The highest BCUT2D eigenvalue weighted by Crippen LogP contribution is 2.19. The highest BCUT2D eigenvalue weighted by Gasteiger charge is 2.31. The van der Waals surface area contributed by atoms with Gasteiger partial charge in [-0.3, -0.25) is 10.1 Å². The molecule has 0 spiro atoms. The minimum Gasteiger partial charge on any atom is -0.380 e. The van der Waals surface area contributed by atoms with E-state index in [2.05, 4.69) is 12.2 Å². The molecule has 4 heteroatoms. The molecule has 4 nitrogen and oxygen atoms in total. The van der Waals surface area contributed by atoms with Crippen LogP contribution in [0.15, 0.2) is 30.3 Å². The van der Waals surface area contributed by atoms with Crippen LogP contribution in [0.1, 0.15) is 31.4 Å². The van der Waals surface area contributed by atoms with E-state index in [-0.39, 0.29) is 11.9 Å². The van der Waals surface area contributed by atoms with E-state index in [0.29, 0.717) is 19.8 Å². The summed E-state index contributed by atoms with van der Waals surface area (Å²) in [5.41, 5.74) is 1.03. The Kier molecular flexibility index (Phi) is 5.36. The van der Waals surface area contributed by atoms with Crippen LogP contribution in [-0.4, -0.2) is 37.2 Å². The number of nitrogens with zero attached hydrogens (tertiary/aromatic N) is 1. The SMILES string of the molecule is CCCCOCCN1CNC(c2ccccc2)C1=O. The Morgan fingerprint density at radius 3 is 2.84 bits per heavy atom. The number of ether oxygens (including phenoxy) is 1. The van der Waals surface area contributed by atoms with Crippen molar-refractivity contribution in [1.82, 2.24) is 10.2 Å². The zero-order valence-electron chi connectivity index (χ0n) is 11.5. The number of rotatable bonds is 7. The van der Waals surface area contributed by atoms with Gasteiger partial charge in [0.1, 0.15) is 6.04 Å². The Balaban J connectivity index is 1.78. The summed E-state index contributed by atoms with van der Waals surface area (Å²) in [6, 6.07) is 9.65. The summed E-state index contributed by atoms with van der Waals surface area (Å²) in [7, 11) is 0. The van der Waals surface area contributed by atoms with Crippen LogP contribution in [0.5, 0.6) is 0 Å². The van der Waals surface area contributed by atoms with Crippen molar-refractivity contribution < 1.29 is 9.53 Å². The molecule has 2 rings (SSSR count). The first kappa shape index (κ1) is 14.0. The summed E-state index contributed by atoms with van der Waals surface area (Å²) in [5.74, 6) is 0.144. The largest absolute Gasteiger partial charge is 0.380 e. The second-order valence-electron chi connectivity index (χ2n) is 4.77. The lowest BCUT2D eigenvalue weighted by molar-refractivity contribution is -0.129. The predicted molar refractivity (Wildman–Crippen MR) is 74.6 cm³/mol. The van der Waals surface area contributed by atoms with Crippen LogP contribution in [0.25, 0.3) is 0 Å². The van der Waals surface area contributed by atoms with Gasteiger partial charge in [0.05, 0.1) is 13.3 Å². The summed E-state index contributed by atoms with van der Waals surface area (Å²) >= 11 is 0. The molecule has 1 aromatic carbocycles. The summed E-state index contributed by atoms with van der Waals surface area (Å²) in [6.07, 6.45) is 2.22. The number of nitrogens with one attached hydrogen (secondary N) is 1. The third-order valence-electron chi connectivity index (χ3n) is 3.33. The van der Waals surface area contributed by atoms with Gasteiger partial charge < -0.3 is 9.64 Å². The Bertz CT molecular complexity index is 394. The van der Waals surface area contributed by atoms with Crippen LogP contribution in [0.3, 0.4) is 0 Å². The number of carbonyl (C=O) groups is 1. The first-order valence-electron chi connectivity index (χ1n) is 6.97. The van der Waals surface area contributed by atoms with Crippen molar-refractivity contribution in [2.75, 3.05) is 26.4 Å². The fraction of sp³-hybridized carbons (Fsp3) is 0.533. The number of benzene rings is 1. The minimum absolute atomic E-state index is 0.144. The second-order valence-corrected chi connectivity index (χ2v) is 4.77. The van der Waals surface area contributed by atoms with Crippen molar-refractivity contribution in [2.45, 2.75) is 25.8 Å². The number of carbonyl (C=O) groups excluding carboxylic acids is 1. The van der Waals surface area contributed by atoms with E-state index in [1.54, 1.807) is 0 Å². The smallest absolute Gasteiger partial charge is 0.245 e. The Labute approximate surface area is 114 Å². The first-order chi connectivity index (χ1) is 9.33. The van der Waals surface area contributed by atoms with Crippen LogP contribution in [0, 0.1) is 0 Å². The summed E-state index contributed by atoms with van der Waals surface area (Å²) in [6.45, 7) is 4.82. The zero-order chi connectivity index (χ0) is 13.5. The van der Waals surface area contributed by atoms with Crippen molar-refractivity contribution in [3.63, 3.8) is 0 Å². The van der Waals surface area contributed by atoms with Gasteiger partial charge >= 0.3 is 0 Å². The lowest BCUT2D eigenvalue weighted by Crippen LogP contribution is -2.30. The highest BCUT2D eigenvalue weighted by molar-refractivity contribution is 5.85. The van der Waals surface area contributed by atoms with Crippen LogP contribution in [-0.2, 0) is 9.53 Å². The molecule has 1 aliphatic heterocycles. The summed E-state index contributed by atoms with van der Waals surface area (Å²) in [4.78, 5) is 14.1. The number of amides is 1. The third-order valence-corrected chi connectivity index (χ3v) is 3.33. The number of hydrogen-bond acceptors (Lipinski definition) is 3. The molecule has 1 unspecified atom stereocenters. The molecule has 1 heterocycles. The maximum atomic E-state index is 12.2. The predicted octanol–water partition coefficient (Wildman–Crippen LogP) is 1.93. The quantitative estimate of drug-likeness (QED) is 0.763. The average Bonchev–Trinajstić information content (AvgIpc) is 2.81. The van der Waals surface area contributed by atoms with Crippen LogP contribution in [0.2, 0.25) is 0 Å². The van der Waals surface area contributed by atoms with E-state index in [1.165, 1.54) is 0 Å². The van der Waals surface area contributed by atoms with Crippen molar-refractivity contribution >= 4 is 5.91 Å². The molecule has 1 saturated heterocycles. The lowest BCUT2D eigenvalue weighted by atomic mass is 10.1. The molecule has 0 radical (unpaired) electrons. The van der Waals surface area contributed by atoms with E-state index < -0.39 is 0 Å². The van der Waals surface area contributed by atoms with E-state index in [9.17, 15) is 4.79 Å². The molecule has 19 heavy (non-hydrogen) atoms. The molecule has 1 N–H and O–H groups in total. The van der Waals surface area contributed by atoms with Crippen molar-refractivity contribution in [3.8, 4) is 0 Å². The summed E-state index contributed by atoms with van der Waals surface area (Å²) < 4.78 is 5.50. The van der Waals surface area contributed by atoms with Crippen LogP contribution < -0.4 is 5.32 Å². The molecule has 0 aromatic heterocycles. The number of unbranched alkanes of at least 4 members (excludes halogenated alkanes) is 1. The van der Waals surface area contributed by atoms with E-state index in [0.717, 1.165) is 25.0 Å². The van der Waals surface area contributed by atoms with Gasteiger partial charge in [0.25, 0.3) is 0 Å².